The van der Waals surface area contributed by atoms with Crippen LogP contribution in [0.1, 0.15) is 25.0 Å². The average molecular weight is 262 g/mol. The van der Waals surface area contributed by atoms with Crippen LogP contribution < -0.4 is 10.6 Å². The number of methoxy groups -OCH3 is 1. The van der Waals surface area contributed by atoms with Crippen LogP contribution in [0.5, 0.6) is 0 Å². The molecule has 4 heteroatoms. The van der Waals surface area contributed by atoms with E-state index in [2.05, 4.69) is 22.8 Å². The van der Waals surface area contributed by atoms with Crippen molar-refractivity contribution in [2.75, 3.05) is 13.7 Å². The third-order valence-electron chi connectivity index (χ3n) is 3.36. The summed E-state index contributed by atoms with van der Waals surface area (Å²) in [5, 5.41) is 6.32. The molecule has 0 bridgehead atoms. The SMILES string of the molecule is COCC(C)(C)NC(=O)[C@H]1Cc2ccccc2CN1. The van der Waals surface area contributed by atoms with Crippen LogP contribution in [0.4, 0.5) is 0 Å². The molecule has 0 aromatic heterocycles. The van der Waals surface area contributed by atoms with Gasteiger partial charge >= 0.3 is 0 Å². The van der Waals surface area contributed by atoms with E-state index in [0.717, 1.165) is 13.0 Å². The minimum absolute atomic E-state index is 0.0385. The zero-order valence-electron chi connectivity index (χ0n) is 11.8. The molecular weight excluding hydrogens is 240 g/mol. The van der Waals surface area contributed by atoms with E-state index in [0.29, 0.717) is 6.61 Å². The van der Waals surface area contributed by atoms with Crippen LogP contribution in [0.25, 0.3) is 0 Å². The fourth-order valence-corrected chi connectivity index (χ4v) is 2.46. The van der Waals surface area contributed by atoms with Crippen LogP contribution in [0.15, 0.2) is 24.3 Å². The summed E-state index contributed by atoms with van der Waals surface area (Å²) in [5.74, 6) is 0.0385. The van der Waals surface area contributed by atoms with Crippen LogP contribution in [-0.2, 0) is 22.5 Å². The Morgan fingerprint density at radius 2 is 2.11 bits per heavy atom. The van der Waals surface area contributed by atoms with E-state index < -0.39 is 0 Å². The van der Waals surface area contributed by atoms with Crippen LogP contribution in [0.3, 0.4) is 0 Å². The van der Waals surface area contributed by atoms with Gasteiger partial charge in [0.15, 0.2) is 0 Å². The molecule has 1 amide bonds. The Bertz CT molecular complexity index is 457. The lowest BCUT2D eigenvalue weighted by Gasteiger charge is -2.30. The summed E-state index contributed by atoms with van der Waals surface area (Å²) in [6, 6.07) is 8.09. The van der Waals surface area contributed by atoms with Gasteiger partial charge in [0.05, 0.1) is 18.2 Å². The van der Waals surface area contributed by atoms with Gasteiger partial charge in [0.1, 0.15) is 0 Å². The summed E-state index contributed by atoms with van der Waals surface area (Å²) < 4.78 is 5.12. The van der Waals surface area contributed by atoms with Crippen LogP contribution in [0, 0.1) is 0 Å². The maximum atomic E-state index is 12.3. The quantitative estimate of drug-likeness (QED) is 0.858. The largest absolute Gasteiger partial charge is 0.382 e. The topological polar surface area (TPSA) is 50.4 Å². The van der Waals surface area contributed by atoms with Crippen LogP contribution in [0.2, 0.25) is 0 Å². The second-order valence-electron chi connectivity index (χ2n) is 5.71. The van der Waals surface area contributed by atoms with E-state index in [1.807, 2.05) is 26.0 Å². The molecule has 1 aromatic carbocycles. The lowest BCUT2D eigenvalue weighted by molar-refractivity contribution is -0.125. The number of ether oxygens (including phenoxy) is 1. The molecule has 1 atom stereocenters. The van der Waals surface area contributed by atoms with Gasteiger partial charge in [-0.25, -0.2) is 0 Å². The van der Waals surface area contributed by atoms with Crippen molar-refractivity contribution in [1.82, 2.24) is 10.6 Å². The highest BCUT2D eigenvalue weighted by molar-refractivity contribution is 5.83. The summed E-state index contributed by atoms with van der Waals surface area (Å²) in [6.07, 6.45) is 0.741. The molecule has 0 radical (unpaired) electrons. The molecule has 2 N–H and O–H groups in total. The summed E-state index contributed by atoms with van der Waals surface area (Å²) in [6.45, 7) is 5.18. The molecular formula is C15H22N2O2. The predicted molar refractivity (Wildman–Crippen MR) is 74.9 cm³/mol. The number of fused-ring (bicyclic) bond motifs is 1. The minimum Gasteiger partial charge on any atom is -0.382 e. The first kappa shape index (κ1) is 14.0. The Hall–Kier alpha value is -1.39. The van der Waals surface area contributed by atoms with Gasteiger partial charge in [0, 0.05) is 13.7 Å². The molecule has 4 nitrogen and oxygen atoms in total. The molecule has 0 fully saturated rings. The van der Waals surface area contributed by atoms with E-state index in [-0.39, 0.29) is 17.5 Å². The van der Waals surface area contributed by atoms with Gasteiger partial charge in [0.2, 0.25) is 5.91 Å². The van der Waals surface area contributed by atoms with E-state index in [1.165, 1.54) is 11.1 Å². The third kappa shape index (κ3) is 3.55. The summed E-state index contributed by atoms with van der Waals surface area (Å²) >= 11 is 0. The molecule has 19 heavy (non-hydrogen) atoms. The van der Waals surface area contributed by atoms with Gasteiger partial charge in [-0.15, -0.1) is 0 Å². The highest BCUT2D eigenvalue weighted by Crippen LogP contribution is 2.16. The van der Waals surface area contributed by atoms with Gasteiger partial charge < -0.3 is 15.4 Å². The molecule has 0 unspecified atom stereocenters. The van der Waals surface area contributed by atoms with Crippen molar-refractivity contribution >= 4 is 5.91 Å². The van der Waals surface area contributed by atoms with Crippen molar-refractivity contribution in [3.8, 4) is 0 Å². The van der Waals surface area contributed by atoms with E-state index in [9.17, 15) is 4.79 Å². The smallest absolute Gasteiger partial charge is 0.237 e. The summed E-state index contributed by atoms with van der Waals surface area (Å²) in [4.78, 5) is 12.3. The molecule has 2 rings (SSSR count). The maximum Gasteiger partial charge on any atom is 0.237 e. The molecule has 0 saturated heterocycles. The van der Waals surface area contributed by atoms with E-state index in [4.69, 9.17) is 4.74 Å². The van der Waals surface area contributed by atoms with Crippen molar-refractivity contribution in [3.63, 3.8) is 0 Å². The second-order valence-corrected chi connectivity index (χ2v) is 5.71. The number of amides is 1. The number of hydrogen-bond acceptors (Lipinski definition) is 3. The predicted octanol–water partition coefficient (Wildman–Crippen LogP) is 1.24. The first-order chi connectivity index (χ1) is 9.02. The van der Waals surface area contributed by atoms with E-state index in [1.54, 1.807) is 7.11 Å². The monoisotopic (exact) mass is 262 g/mol. The van der Waals surface area contributed by atoms with Crippen molar-refractivity contribution in [2.45, 2.75) is 38.4 Å². The fourth-order valence-electron chi connectivity index (χ4n) is 2.46. The average Bonchev–Trinajstić information content (AvgIpc) is 2.37. The number of nitrogens with one attached hydrogen (secondary N) is 2. The number of hydrogen-bond donors (Lipinski definition) is 2. The second kappa shape index (κ2) is 5.72. The number of carbonyl (C=O) groups is 1. The molecule has 1 aliphatic heterocycles. The normalized spacial score (nSPS) is 18.8. The van der Waals surface area contributed by atoms with E-state index >= 15 is 0 Å². The lowest BCUT2D eigenvalue weighted by atomic mass is 9.95. The molecule has 0 saturated carbocycles. The number of benzene rings is 1. The number of carbonyl (C=O) groups excluding carboxylic acids is 1. The molecule has 1 heterocycles. The molecule has 1 aliphatic rings. The van der Waals surface area contributed by atoms with Gasteiger partial charge in [-0.3, -0.25) is 4.79 Å². The van der Waals surface area contributed by atoms with Crippen LogP contribution in [-0.4, -0.2) is 31.2 Å². The first-order valence-corrected chi connectivity index (χ1v) is 6.63. The Balaban J connectivity index is 1.99. The highest BCUT2D eigenvalue weighted by Gasteiger charge is 2.28. The Labute approximate surface area is 114 Å². The zero-order valence-corrected chi connectivity index (χ0v) is 11.8. The van der Waals surface area contributed by atoms with Crippen LogP contribution >= 0.6 is 0 Å². The van der Waals surface area contributed by atoms with Gasteiger partial charge in [-0.1, -0.05) is 24.3 Å². The van der Waals surface area contributed by atoms with Gasteiger partial charge in [0.25, 0.3) is 0 Å². The van der Waals surface area contributed by atoms with Crippen molar-refractivity contribution < 1.29 is 9.53 Å². The van der Waals surface area contributed by atoms with Gasteiger partial charge in [-0.2, -0.15) is 0 Å². The standard InChI is InChI=1S/C15H22N2O2/c1-15(2,10-19-3)17-14(18)13-8-11-6-4-5-7-12(11)9-16-13/h4-7,13,16H,8-10H2,1-3H3,(H,17,18)/t13-/m1/s1. The molecule has 1 aromatic rings. The highest BCUT2D eigenvalue weighted by atomic mass is 16.5. The van der Waals surface area contributed by atoms with Crippen molar-refractivity contribution in [1.29, 1.82) is 0 Å². The minimum atomic E-state index is -0.343. The summed E-state index contributed by atoms with van der Waals surface area (Å²) in [5.41, 5.74) is 2.19. The van der Waals surface area contributed by atoms with Gasteiger partial charge in [-0.05, 0) is 31.4 Å². The molecule has 0 aliphatic carbocycles. The Morgan fingerprint density at radius 1 is 1.42 bits per heavy atom. The summed E-state index contributed by atoms with van der Waals surface area (Å²) in [7, 11) is 1.64. The Kier molecular flexibility index (Phi) is 4.22. The first-order valence-electron chi connectivity index (χ1n) is 6.63. The molecule has 104 valence electrons. The fraction of sp³-hybridized carbons (Fsp3) is 0.533. The van der Waals surface area contributed by atoms with Crippen molar-refractivity contribution in [2.24, 2.45) is 0 Å². The third-order valence-corrected chi connectivity index (χ3v) is 3.36. The lowest BCUT2D eigenvalue weighted by Crippen LogP contribution is -2.55. The maximum absolute atomic E-state index is 12.3. The number of rotatable bonds is 4. The zero-order chi connectivity index (χ0) is 13.9. The molecule has 0 spiro atoms. The Morgan fingerprint density at radius 3 is 2.79 bits per heavy atom. The van der Waals surface area contributed by atoms with Crippen molar-refractivity contribution in [3.05, 3.63) is 35.4 Å².